The van der Waals surface area contributed by atoms with E-state index in [9.17, 15) is 0 Å². The van der Waals surface area contributed by atoms with Gasteiger partial charge in [0.1, 0.15) is 0 Å². The molecule has 2 heteroatoms. The Hall–Kier alpha value is -0.860. The van der Waals surface area contributed by atoms with E-state index in [1.165, 1.54) is 38.0 Å². The lowest BCUT2D eigenvalue weighted by Gasteiger charge is -2.24. The highest BCUT2D eigenvalue weighted by Gasteiger charge is 2.05. The molecule has 0 atom stereocenters. The van der Waals surface area contributed by atoms with Crippen LogP contribution in [0.5, 0.6) is 0 Å². The molecule has 0 amide bonds. The van der Waals surface area contributed by atoms with Crippen molar-refractivity contribution in [3.8, 4) is 0 Å². The first-order valence-corrected chi connectivity index (χ1v) is 7.21. The van der Waals surface area contributed by atoms with E-state index >= 15 is 0 Å². The van der Waals surface area contributed by atoms with E-state index < -0.39 is 0 Å². The highest BCUT2D eigenvalue weighted by atomic mass is 15.2. The Morgan fingerprint density at radius 3 is 2.00 bits per heavy atom. The van der Waals surface area contributed by atoms with Crippen LogP contribution in [0.3, 0.4) is 0 Å². The molecule has 1 rings (SSSR count). The number of hydrogen-bond acceptors (Lipinski definition) is 2. The molecule has 102 valence electrons. The number of nitrogens with zero attached hydrogens (tertiary/aromatic N) is 2. The fraction of sp³-hybridized carbons (Fsp3) is 0.625. The Bertz CT molecular complexity index is 291. The van der Waals surface area contributed by atoms with Crippen molar-refractivity contribution in [2.24, 2.45) is 0 Å². The fourth-order valence-corrected chi connectivity index (χ4v) is 2.25. The molecule has 0 bridgehead atoms. The summed E-state index contributed by atoms with van der Waals surface area (Å²) in [6.07, 6.45) is 2.50. The lowest BCUT2D eigenvalue weighted by atomic mass is 10.2. The summed E-state index contributed by atoms with van der Waals surface area (Å²) in [5.41, 5.74) is 1.40. The highest BCUT2D eigenvalue weighted by Crippen LogP contribution is 2.03. The van der Waals surface area contributed by atoms with Gasteiger partial charge in [0.2, 0.25) is 0 Å². The number of likely N-dealkylation sites (N-methyl/N-ethyl adjacent to an activating group) is 1. The van der Waals surface area contributed by atoms with Gasteiger partial charge in [-0.1, -0.05) is 44.2 Å². The summed E-state index contributed by atoms with van der Waals surface area (Å²) in [4.78, 5) is 4.98. The third-order valence-corrected chi connectivity index (χ3v) is 3.17. The summed E-state index contributed by atoms with van der Waals surface area (Å²) >= 11 is 0. The van der Waals surface area contributed by atoms with Gasteiger partial charge in [-0.3, -0.25) is 0 Å². The van der Waals surface area contributed by atoms with Crippen LogP contribution in [0.4, 0.5) is 0 Å². The smallest absolute Gasteiger partial charge is 0.0231 e. The predicted molar refractivity (Wildman–Crippen MR) is 79.8 cm³/mol. The molecule has 0 saturated heterocycles. The van der Waals surface area contributed by atoms with Crippen molar-refractivity contribution < 1.29 is 0 Å². The van der Waals surface area contributed by atoms with Crippen molar-refractivity contribution in [2.75, 3.05) is 33.2 Å². The minimum Gasteiger partial charge on any atom is -0.302 e. The molecule has 0 aliphatic carbocycles. The molecular formula is C16H28N2. The lowest BCUT2D eigenvalue weighted by Crippen LogP contribution is -2.34. The Morgan fingerprint density at radius 2 is 1.44 bits per heavy atom. The standard InChI is InChI=1S/C16H28N2/c1-4-11-18(12-5-2)14-13-17(3)15-16-9-7-6-8-10-16/h6-10H,4-5,11-15H2,1-3H3. The van der Waals surface area contributed by atoms with Crippen molar-refractivity contribution in [3.63, 3.8) is 0 Å². The topological polar surface area (TPSA) is 6.48 Å². The van der Waals surface area contributed by atoms with Crippen LogP contribution in [0.2, 0.25) is 0 Å². The van der Waals surface area contributed by atoms with E-state index in [1.807, 2.05) is 0 Å². The van der Waals surface area contributed by atoms with E-state index in [1.54, 1.807) is 0 Å². The van der Waals surface area contributed by atoms with Crippen LogP contribution < -0.4 is 0 Å². The van der Waals surface area contributed by atoms with E-state index in [4.69, 9.17) is 0 Å². The molecular weight excluding hydrogens is 220 g/mol. The average Bonchev–Trinajstić information content (AvgIpc) is 2.38. The molecule has 0 aromatic heterocycles. The van der Waals surface area contributed by atoms with E-state index in [-0.39, 0.29) is 0 Å². The Kier molecular flexibility index (Phi) is 7.70. The molecule has 1 aromatic carbocycles. The van der Waals surface area contributed by atoms with Crippen molar-refractivity contribution >= 4 is 0 Å². The summed E-state index contributed by atoms with van der Waals surface area (Å²) in [7, 11) is 2.21. The average molecular weight is 248 g/mol. The second-order valence-electron chi connectivity index (χ2n) is 5.07. The van der Waals surface area contributed by atoms with Crippen LogP contribution >= 0.6 is 0 Å². The van der Waals surface area contributed by atoms with Gasteiger partial charge in [0.05, 0.1) is 0 Å². The summed E-state index contributed by atoms with van der Waals surface area (Å²) < 4.78 is 0. The molecule has 0 fully saturated rings. The number of benzene rings is 1. The van der Waals surface area contributed by atoms with Crippen molar-refractivity contribution in [1.29, 1.82) is 0 Å². The zero-order chi connectivity index (χ0) is 13.2. The van der Waals surface area contributed by atoms with Crippen LogP contribution in [0, 0.1) is 0 Å². The summed E-state index contributed by atoms with van der Waals surface area (Å²) in [6.45, 7) is 10.4. The largest absolute Gasteiger partial charge is 0.302 e. The van der Waals surface area contributed by atoms with Gasteiger partial charge in [-0.15, -0.1) is 0 Å². The van der Waals surface area contributed by atoms with Gasteiger partial charge in [0, 0.05) is 19.6 Å². The van der Waals surface area contributed by atoms with Gasteiger partial charge in [-0.2, -0.15) is 0 Å². The van der Waals surface area contributed by atoms with Gasteiger partial charge in [0.25, 0.3) is 0 Å². The third kappa shape index (κ3) is 6.18. The molecule has 0 saturated carbocycles. The monoisotopic (exact) mass is 248 g/mol. The van der Waals surface area contributed by atoms with Crippen LogP contribution in [0.1, 0.15) is 32.3 Å². The molecule has 0 radical (unpaired) electrons. The van der Waals surface area contributed by atoms with Crippen molar-refractivity contribution in [2.45, 2.75) is 33.2 Å². The van der Waals surface area contributed by atoms with Gasteiger partial charge in [-0.05, 0) is 38.5 Å². The molecule has 2 nitrogen and oxygen atoms in total. The fourth-order valence-electron chi connectivity index (χ4n) is 2.25. The Labute approximate surface area is 113 Å². The molecule has 0 aliphatic heterocycles. The molecule has 18 heavy (non-hydrogen) atoms. The normalized spacial score (nSPS) is 11.4. The zero-order valence-electron chi connectivity index (χ0n) is 12.2. The SMILES string of the molecule is CCCN(CCC)CCN(C)Cc1ccccc1. The zero-order valence-corrected chi connectivity index (χ0v) is 12.2. The Morgan fingerprint density at radius 1 is 0.833 bits per heavy atom. The van der Waals surface area contributed by atoms with Crippen LogP contribution in [-0.4, -0.2) is 43.0 Å². The van der Waals surface area contributed by atoms with Crippen LogP contribution in [0.15, 0.2) is 30.3 Å². The quantitative estimate of drug-likeness (QED) is 0.662. The van der Waals surface area contributed by atoms with E-state index in [0.29, 0.717) is 0 Å². The Balaban J connectivity index is 2.28. The maximum atomic E-state index is 2.57. The first kappa shape index (κ1) is 15.2. The molecule has 1 aromatic rings. The minimum absolute atomic E-state index is 1.05. The maximum Gasteiger partial charge on any atom is 0.0231 e. The predicted octanol–water partition coefficient (Wildman–Crippen LogP) is 3.24. The van der Waals surface area contributed by atoms with Crippen molar-refractivity contribution in [3.05, 3.63) is 35.9 Å². The summed E-state index contributed by atoms with van der Waals surface area (Å²) in [5.74, 6) is 0. The van der Waals surface area contributed by atoms with Gasteiger partial charge in [-0.25, -0.2) is 0 Å². The van der Waals surface area contributed by atoms with Crippen LogP contribution in [0.25, 0.3) is 0 Å². The van der Waals surface area contributed by atoms with Crippen molar-refractivity contribution in [1.82, 2.24) is 9.80 Å². The van der Waals surface area contributed by atoms with E-state index in [2.05, 4.69) is 61.0 Å². The van der Waals surface area contributed by atoms with Gasteiger partial charge in [0.15, 0.2) is 0 Å². The second-order valence-corrected chi connectivity index (χ2v) is 5.07. The maximum absolute atomic E-state index is 2.57. The summed E-state index contributed by atoms with van der Waals surface area (Å²) in [6, 6.07) is 10.7. The number of rotatable bonds is 9. The molecule has 0 unspecified atom stereocenters. The van der Waals surface area contributed by atoms with Gasteiger partial charge >= 0.3 is 0 Å². The molecule has 0 spiro atoms. The molecule has 0 aliphatic rings. The number of hydrogen-bond donors (Lipinski definition) is 0. The lowest BCUT2D eigenvalue weighted by molar-refractivity contribution is 0.221. The van der Waals surface area contributed by atoms with Crippen LogP contribution in [-0.2, 0) is 6.54 Å². The molecule has 0 N–H and O–H groups in total. The van der Waals surface area contributed by atoms with Gasteiger partial charge < -0.3 is 9.80 Å². The highest BCUT2D eigenvalue weighted by molar-refractivity contribution is 5.14. The summed E-state index contributed by atoms with van der Waals surface area (Å²) in [5, 5.41) is 0. The first-order valence-electron chi connectivity index (χ1n) is 7.21. The third-order valence-electron chi connectivity index (χ3n) is 3.17. The van der Waals surface area contributed by atoms with E-state index in [0.717, 1.165) is 13.1 Å². The first-order chi connectivity index (χ1) is 8.76. The minimum atomic E-state index is 1.05. The molecule has 0 heterocycles. The second kappa shape index (κ2) is 9.12.